The van der Waals surface area contributed by atoms with Crippen LogP contribution in [0.4, 0.5) is 0 Å². The topological polar surface area (TPSA) is 34.4 Å². The van der Waals surface area contributed by atoms with Gasteiger partial charge in [-0.3, -0.25) is 0 Å². The summed E-state index contributed by atoms with van der Waals surface area (Å²) in [6.07, 6.45) is 2.09. The summed E-state index contributed by atoms with van der Waals surface area (Å²) in [5, 5.41) is 3.10. The zero-order valence-electron chi connectivity index (χ0n) is 12.3. The molecule has 0 aliphatic rings. The molecule has 0 fully saturated rings. The molecule has 0 bridgehead atoms. The second-order valence-electron chi connectivity index (χ2n) is 4.99. The van der Waals surface area contributed by atoms with E-state index in [0.717, 1.165) is 37.5 Å². The molecule has 1 N–H and O–H groups in total. The SMILES string of the molecule is CNCc1oc(COCCCc2ccccc2)cc1C. The minimum atomic E-state index is 0.555. The van der Waals surface area contributed by atoms with Gasteiger partial charge in [0.25, 0.3) is 0 Å². The molecule has 2 rings (SSSR count). The highest BCUT2D eigenvalue weighted by Gasteiger charge is 2.06. The quantitative estimate of drug-likeness (QED) is 0.748. The molecule has 0 spiro atoms. The Hall–Kier alpha value is -1.58. The van der Waals surface area contributed by atoms with E-state index in [2.05, 4.69) is 42.6 Å². The van der Waals surface area contributed by atoms with Crippen molar-refractivity contribution < 1.29 is 9.15 Å². The summed E-state index contributed by atoms with van der Waals surface area (Å²) in [5.41, 5.74) is 2.54. The van der Waals surface area contributed by atoms with Crippen LogP contribution in [0.25, 0.3) is 0 Å². The molecule has 0 saturated heterocycles. The van der Waals surface area contributed by atoms with Crippen LogP contribution in [-0.2, 0) is 24.3 Å². The molecule has 0 aliphatic carbocycles. The van der Waals surface area contributed by atoms with Crippen LogP contribution in [0.5, 0.6) is 0 Å². The lowest BCUT2D eigenvalue weighted by Crippen LogP contribution is -2.04. The lowest BCUT2D eigenvalue weighted by molar-refractivity contribution is 0.103. The molecule has 1 aromatic carbocycles. The smallest absolute Gasteiger partial charge is 0.130 e. The van der Waals surface area contributed by atoms with Crippen molar-refractivity contribution in [1.29, 1.82) is 0 Å². The summed E-state index contributed by atoms with van der Waals surface area (Å²) in [6, 6.07) is 12.6. The third-order valence-corrected chi connectivity index (χ3v) is 3.25. The first-order chi connectivity index (χ1) is 9.79. The van der Waals surface area contributed by atoms with E-state index < -0.39 is 0 Å². The fourth-order valence-corrected chi connectivity index (χ4v) is 2.19. The Balaban J connectivity index is 1.67. The van der Waals surface area contributed by atoms with Gasteiger partial charge in [-0.1, -0.05) is 30.3 Å². The average molecular weight is 273 g/mol. The van der Waals surface area contributed by atoms with E-state index in [9.17, 15) is 0 Å². The fraction of sp³-hybridized carbons (Fsp3) is 0.412. The number of nitrogens with one attached hydrogen (secondary N) is 1. The number of furan rings is 1. The molecule has 1 heterocycles. The Morgan fingerprint density at radius 2 is 2.00 bits per heavy atom. The van der Waals surface area contributed by atoms with Gasteiger partial charge in [0.05, 0.1) is 6.54 Å². The Kier molecular flexibility index (Phi) is 5.84. The number of benzene rings is 1. The molecular weight excluding hydrogens is 250 g/mol. The molecule has 108 valence electrons. The molecule has 0 aliphatic heterocycles. The number of hydrogen-bond acceptors (Lipinski definition) is 3. The van der Waals surface area contributed by atoms with Crippen molar-refractivity contribution in [1.82, 2.24) is 5.32 Å². The molecule has 0 atom stereocenters. The van der Waals surface area contributed by atoms with Crippen molar-refractivity contribution in [2.45, 2.75) is 32.9 Å². The molecule has 20 heavy (non-hydrogen) atoms. The van der Waals surface area contributed by atoms with Crippen LogP contribution >= 0.6 is 0 Å². The highest BCUT2D eigenvalue weighted by molar-refractivity contribution is 5.19. The van der Waals surface area contributed by atoms with Gasteiger partial charge in [-0.05, 0) is 44.0 Å². The number of hydrogen-bond donors (Lipinski definition) is 1. The molecular formula is C17H23NO2. The van der Waals surface area contributed by atoms with E-state index in [1.807, 2.05) is 13.1 Å². The van der Waals surface area contributed by atoms with Crippen LogP contribution in [0.2, 0.25) is 0 Å². The number of rotatable bonds is 8. The van der Waals surface area contributed by atoms with Crippen molar-refractivity contribution in [3.63, 3.8) is 0 Å². The molecule has 0 saturated carbocycles. The molecule has 3 nitrogen and oxygen atoms in total. The molecule has 1 aromatic heterocycles. The third-order valence-electron chi connectivity index (χ3n) is 3.25. The highest BCUT2D eigenvalue weighted by Crippen LogP contribution is 2.15. The second-order valence-corrected chi connectivity index (χ2v) is 4.99. The summed E-state index contributed by atoms with van der Waals surface area (Å²) >= 11 is 0. The Morgan fingerprint density at radius 3 is 2.75 bits per heavy atom. The van der Waals surface area contributed by atoms with Crippen molar-refractivity contribution >= 4 is 0 Å². The first kappa shape index (κ1) is 14.8. The normalized spacial score (nSPS) is 10.9. The second kappa shape index (κ2) is 7.88. The van der Waals surface area contributed by atoms with E-state index in [1.54, 1.807) is 0 Å². The summed E-state index contributed by atoms with van der Waals surface area (Å²) in [6.45, 7) is 4.14. The van der Waals surface area contributed by atoms with Gasteiger partial charge in [0.2, 0.25) is 0 Å². The van der Waals surface area contributed by atoms with Crippen LogP contribution < -0.4 is 5.32 Å². The van der Waals surface area contributed by atoms with Gasteiger partial charge in [0, 0.05) is 6.61 Å². The van der Waals surface area contributed by atoms with E-state index in [1.165, 1.54) is 11.1 Å². The largest absolute Gasteiger partial charge is 0.462 e. The van der Waals surface area contributed by atoms with Gasteiger partial charge in [-0.25, -0.2) is 0 Å². The Bertz CT molecular complexity index is 505. The van der Waals surface area contributed by atoms with Crippen molar-refractivity contribution in [2.24, 2.45) is 0 Å². The summed E-state index contributed by atoms with van der Waals surface area (Å²) in [7, 11) is 1.92. The minimum Gasteiger partial charge on any atom is -0.462 e. The molecule has 0 unspecified atom stereocenters. The molecule has 3 heteroatoms. The van der Waals surface area contributed by atoms with E-state index in [0.29, 0.717) is 6.61 Å². The Morgan fingerprint density at radius 1 is 1.20 bits per heavy atom. The summed E-state index contributed by atoms with van der Waals surface area (Å²) in [4.78, 5) is 0. The fourth-order valence-electron chi connectivity index (χ4n) is 2.19. The van der Waals surface area contributed by atoms with Crippen LogP contribution in [0.15, 0.2) is 40.8 Å². The Labute approximate surface area is 121 Å². The molecule has 0 amide bonds. The van der Waals surface area contributed by atoms with Gasteiger partial charge < -0.3 is 14.5 Å². The summed E-state index contributed by atoms with van der Waals surface area (Å²) < 4.78 is 11.4. The van der Waals surface area contributed by atoms with Crippen LogP contribution in [0, 0.1) is 6.92 Å². The third kappa shape index (κ3) is 4.51. The summed E-state index contributed by atoms with van der Waals surface area (Å²) in [5.74, 6) is 1.91. The average Bonchev–Trinajstić information content (AvgIpc) is 2.80. The number of aryl methyl sites for hydroxylation is 2. The predicted octanol–water partition coefficient (Wildman–Crippen LogP) is 3.46. The first-order valence-electron chi connectivity index (χ1n) is 7.14. The monoisotopic (exact) mass is 273 g/mol. The van der Waals surface area contributed by atoms with Gasteiger partial charge in [-0.15, -0.1) is 0 Å². The van der Waals surface area contributed by atoms with Gasteiger partial charge in [0.15, 0.2) is 0 Å². The minimum absolute atomic E-state index is 0.555. The predicted molar refractivity (Wildman–Crippen MR) is 80.6 cm³/mol. The van der Waals surface area contributed by atoms with Crippen molar-refractivity contribution in [3.8, 4) is 0 Å². The first-order valence-corrected chi connectivity index (χ1v) is 7.14. The maximum atomic E-state index is 5.73. The number of ether oxygens (including phenoxy) is 1. The highest BCUT2D eigenvalue weighted by atomic mass is 16.5. The van der Waals surface area contributed by atoms with Crippen LogP contribution in [0.3, 0.4) is 0 Å². The maximum absolute atomic E-state index is 5.73. The molecule has 0 radical (unpaired) electrons. The van der Waals surface area contributed by atoms with Gasteiger partial charge in [0.1, 0.15) is 18.1 Å². The van der Waals surface area contributed by atoms with E-state index in [4.69, 9.17) is 9.15 Å². The lowest BCUT2D eigenvalue weighted by atomic mass is 10.1. The van der Waals surface area contributed by atoms with E-state index >= 15 is 0 Å². The van der Waals surface area contributed by atoms with E-state index in [-0.39, 0.29) is 0 Å². The van der Waals surface area contributed by atoms with Crippen molar-refractivity contribution in [2.75, 3.05) is 13.7 Å². The van der Waals surface area contributed by atoms with Gasteiger partial charge >= 0.3 is 0 Å². The van der Waals surface area contributed by atoms with Crippen molar-refractivity contribution in [3.05, 3.63) is 59.0 Å². The van der Waals surface area contributed by atoms with Crippen LogP contribution in [-0.4, -0.2) is 13.7 Å². The lowest BCUT2D eigenvalue weighted by Gasteiger charge is -2.03. The van der Waals surface area contributed by atoms with Gasteiger partial charge in [-0.2, -0.15) is 0 Å². The zero-order chi connectivity index (χ0) is 14.2. The standard InChI is InChI=1S/C17H23NO2/c1-14-11-16(20-17(14)12-18-2)13-19-10-6-9-15-7-4-3-5-8-15/h3-5,7-8,11,18H,6,9-10,12-13H2,1-2H3. The zero-order valence-corrected chi connectivity index (χ0v) is 12.3. The van der Waals surface area contributed by atoms with Crippen LogP contribution in [0.1, 0.15) is 29.1 Å². The molecule has 2 aromatic rings. The maximum Gasteiger partial charge on any atom is 0.130 e.